The number of hydrogen-bond donors (Lipinski definition) is 0. The van der Waals surface area contributed by atoms with Crippen LogP contribution in [0.1, 0.15) is 22.3 Å². The van der Waals surface area contributed by atoms with Crippen LogP contribution in [0.25, 0.3) is 0 Å². The van der Waals surface area contributed by atoms with Crippen molar-refractivity contribution in [2.75, 3.05) is 0 Å². The molecule has 0 bridgehead atoms. The highest BCUT2D eigenvalue weighted by Crippen LogP contribution is 2.21. The summed E-state index contributed by atoms with van der Waals surface area (Å²) in [7, 11) is 0. The monoisotopic (exact) mass is 252 g/mol. The lowest BCUT2D eigenvalue weighted by Gasteiger charge is -2.11. The second-order valence-electron chi connectivity index (χ2n) is 4.29. The molecule has 0 aliphatic heterocycles. The van der Waals surface area contributed by atoms with Crippen molar-refractivity contribution in [2.24, 2.45) is 0 Å². The molecule has 0 aliphatic carbocycles. The molecule has 0 atom stereocenters. The molecule has 95 valence electrons. The van der Waals surface area contributed by atoms with E-state index in [1.54, 1.807) is 12.1 Å². The summed E-state index contributed by atoms with van der Waals surface area (Å²) in [5.41, 5.74) is 3.17. The van der Waals surface area contributed by atoms with E-state index in [-0.39, 0.29) is 6.61 Å². The summed E-state index contributed by atoms with van der Waals surface area (Å²) < 4.78 is 5.72. The number of rotatable bonds is 4. The first-order valence-corrected chi connectivity index (χ1v) is 6.03. The average Bonchev–Trinajstić information content (AvgIpc) is 2.46. The molecule has 0 saturated carbocycles. The molecule has 0 fully saturated rings. The van der Waals surface area contributed by atoms with Gasteiger partial charge < -0.3 is 4.74 Å². The Kier molecular flexibility index (Phi) is 4.17. The van der Waals surface area contributed by atoms with Gasteiger partial charge >= 0.3 is 0 Å². The highest BCUT2D eigenvalue weighted by Gasteiger charge is 2.05. The van der Waals surface area contributed by atoms with Crippen LogP contribution in [-0.4, -0.2) is 0 Å². The Morgan fingerprint density at radius 2 is 1.89 bits per heavy atom. The molecule has 2 aromatic rings. The van der Waals surface area contributed by atoms with E-state index >= 15 is 0 Å². The largest absolute Gasteiger partial charge is 0.489 e. The number of nitrogens with zero attached hydrogens (tertiary/aromatic N) is 1. The summed E-state index contributed by atoms with van der Waals surface area (Å²) in [6.45, 7) is 2.01. The third-order valence-electron chi connectivity index (χ3n) is 2.97. The lowest BCUT2D eigenvalue weighted by atomic mass is 10.1. The second-order valence-corrected chi connectivity index (χ2v) is 4.29. The zero-order chi connectivity index (χ0) is 13.7. The van der Waals surface area contributed by atoms with Crippen molar-refractivity contribution in [3.05, 3.63) is 64.7 Å². The average molecular weight is 252 g/mol. The van der Waals surface area contributed by atoms with E-state index in [2.05, 4.69) is 6.07 Å². The van der Waals surface area contributed by atoms with Gasteiger partial charge in [-0.15, -0.1) is 0 Å². The Morgan fingerprint density at radius 1 is 1.16 bits per heavy atom. The fourth-order valence-electron chi connectivity index (χ4n) is 1.82. The topological polar surface area (TPSA) is 52.9 Å². The van der Waals surface area contributed by atoms with Gasteiger partial charge in [0.25, 0.3) is 0 Å². The number of aryl methyl sites for hydroxylation is 1. The van der Waals surface area contributed by atoms with Gasteiger partial charge in [0.2, 0.25) is 0 Å². The molecule has 2 aromatic carbocycles. The molecule has 0 spiro atoms. The molecule has 2 rings (SSSR count). The molecule has 0 amide bonds. The fraction of sp³-hybridized carbons (Fsp3) is 0.188. The molecule has 1 radical (unpaired) electrons. The molecule has 0 saturated heterocycles. The Hall–Kier alpha value is -2.31. The van der Waals surface area contributed by atoms with Crippen LogP contribution in [0.5, 0.6) is 5.75 Å². The molecule has 0 aliphatic rings. The van der Waals surface area contributed by atoms with Gasteiger partial charge in [-0.1, -0.05) is 30.3 Å². The van der Waals surface area contributed by atoms with E-state index in [1.807, 2.05) is 37.3 Å². The van der Waals surface area contributed by atoms with Crippen molar-refractivity contribution < 1.29 is 9.84 Å². The minimum atomic E-state index is -0.253. The Labute approximate surface area is 112 Å². The van der Waals surface area contributed by atoms with Crippen molar-refractivity contribution in [1.29, 1.82) is 5.26 Å². The summed E-state index contributed by atoms with van der Waals surface area (Å²) in [5.74, 6) is 0.680. The van der Waals surface area contributed by atoms with Gasteiger partial charge in [0.15, 0.2) is 0 Å². The predicted octanol–water partition coefficient (Wildman–Crippen LogP) is 3.38. The lowest BCUT2D eigenvalue weighted by molar-refractivity contribution is 0.174. The summed E-state index contributed by atoms with van der Waals surface area (Å²) in [6, 6.07) is 14.8. The Balaban J connectivity index is 2.17. The van der Waals surface area contributed by atoms with Gasteiger partial charge in [-0.3, -0.25) is 0 Å². The summed E-state index contributed by atoms with van der Waals surface area (Å²) in [4.78, 5) is 0. The molecule has 0 N–H and O–H groups in total. The third kappa shape index (κ3) is 3.12. The van der Waals surface area contributed by atoms with E-state index in [0.29, 0.717) is 17.9 Å². The van der Waals surface area contributed by atoms with Gasteiger partial charge in [-0.2, -0.15) is 5.26 Å². The van der Waals surface area contributed by atoms with Gasteiger partial charge in [-0.25, -0.2) is 5.11 Å². The first kappa shape index (κ1) is 13.1. The van der Waals surface area contributed by atoms with E-state index in [4.69, 9.17) is 10.00 Å². The molecular formula is C16H14NO2. The summed E-state index contributed by atoms with van der Waals surface area (Å²) in [6.07, 6.45) is 0. The summed E-state index contributed by atoms with van der Waals surface area (Å²) in [5, 5.41) is 19.9. The van der Waals surface area contributed by atoms with Crippen molar-refractivity contribution >= 4 is 0 Å². The lowest BCUT2D eigenvalue weighted by Crippen LogP contribution is -2.01. The molecule has 0 unspecified atom stereocenters. The molecule has 0 heterocycles. The Morgan fingerprint density at radius 3 is 2.58 bits per heavy atom. The normalized spacial score (nSPS) is 9.95. The standard InChI is InChI=1S/C16H14NO2/c1-12-6-7-13(9-17)8-16(12)19-11-15-5-3-2-4-14(15)10-18/h2-8H,10-11H2,1H3. The molecule has 19 heavy (non-hydrogen) atoms. The van der Waals surface area contributed by atoms with Crippen LogP contribution in [0.3, 0.4) is 0 Å². The van der Waals surface area contributed by atoms with Crippen LogP contribution in [0.4, 0.5) is 0 Å². The van der Waals surface area contributed by atoms with Crippen molar-refractivity contribution in [3.63, 3.8) is 0 Å². The number of benzene rings is 2. The van der Waals surface area contributed by atoms with E-state index in [1.165, 1.54) is 0 Å². The van der Waals surface area contributed by atoms with Gasteiger partial charge in [0.1, 0.15) is 19.0 Å². The molecule has 0 aromatic heterocycles. The van der Waals surface area contributed by atoms with Gasteiger partial charge in [0, 0.05) is 0 Å². The maximum Gasteiger partial charge on any atom is 0.124 e. The van der Waals surface area contributed by atoms with Crippen LogP contribution >= 0.6 is 0 Å². The minimum Gasteiger partial charge on any atom is -0.489 e. The van der Waals surface area contributed by atoms with Crippen molar-refractivity contribution in [3.8, 4) is 11.8 Å². The predicted molar refractivity (Wildman–Crippen MR) is 71.1 cm³/mol. The van der Waals surface area contributed by atoms with Crippen molar-refractivity contribution in [2.45, 2.75) is 20.1 Å². The highest BCUT2D eigenvalue weighted by molar-refractivity contribution is 5.42. The zero-order valence-corrected chi connectivity index (χ0v) is 10.7. The molecular weight excluding hydrogens is 238 g/mol. The van der Waals surface area contributed by atoms with E-state index < -0.39 is 0 Å². The van der Waals surface area contributed by atoms with Gasteiger partial charge in [0.05, 0.1) is 11.6 Å². The Bertz CT molecular complexity index is 614. The molecule has 3 nitrogen and oxygen atoms in total. The van der Waals surface area contributed by atoms with Crippen LogP contribution < -0.4 is 4.74 Å². The zero-order valence-electron chi connectivity index (χ0n) is 10.7. The van der Waals surface area contributed by atoms with Crippen LogP contribution in [0, 0.1) is 18.3 Å². The van der Waals surface area contributed by atoms with Crippen LogP contribution in [-0.2, 0) is 18.3 Å². The van der Waals surface area contributed by atoms with Crippen LogP contribution in [0.2, 0.25) is 0 Å². The maximum absolute atomic E-state index is 11.0. The van der Waals surface area contributed by atoms with Crippen molar-refractivity contribution in [1.82, 2.24) is 0 Å². The van der Waals surface area contributed by atoms with E-state index in [0.717, 1.165) is 16.7 Å². The fourth-order valence-corrected chi connectivity index (χ4v) is 1.82. The second kappa shape index (κ2) is 6.03. The molecule has 3 heteroatoms. The highest BCUT2D eigenvalue weighted by atomic mass is 16.5. The number of nitriles is 1. The minimum absolute atomic E-state index is 0.253. The summed E-state index contributed by atoms with van der Waals surface area (Å²) >= 11 is 0. The first-order valence-electron chi connectivity index (χ1n) is 6.03. The van der Waals surface area contributed by atoms with Crippen LogP contribution in [0.15, 0.2) is 42.5 Å². The SMILES string of the molecule is Cc1ccc(C#N)cc1OCc1ccccc1C[O]. The third-order valence-corrected chi connectivity index (χ3v) is 2.97. The van der Waals surface area contributed by atoms with Gasteiger partial charge in [-0.05, 0) is 35.7 Å². The smallest absolute Gasteiger partial charge is 0.124 e. The first-order chi connectivity index (χ1) is 9.24. The number of hydrogen-bond acceptors (Lipinski definition) is 2. The maximum atomic E-state index is 11.0. The van der Waals surface area contributed by atoms with E-state index in [9.17, 15) is 5.11 Å². The number of ether oxygens (including phenoxy) is 1. The quantitative estimate of drug-likeness (QED) is 0.837.